The fourth-order valence-corrected chi connectivity index (χ4v) is 4.22. The van der Waals surface area contributed by atoms with Gasteiger partial charge >= 0.3 is 0 Å². The van der Waals surface area contributed by atoms with Crippen molar-refractivity contribution in [1.29, 1.82) is 0 Å². The van der Waals surface area contributed by atoms with Gasteiger partial charge < -0.3 is 21.1 Å². The summed E-state index contributed by atoms with van der Waals surface area (Å²) in [6.45, 7) is 0.219. The number of hydrogen-bond donors (Lipinski definition) is 3. The van der Waals surface area contributed by atoms with Crippen LogP contribution in [0, 0.1) is 23.0 Å². The van der Waals surface area contributed by atoms with Crippen molar-refractivity contribution in [2.24, 2.45) is 22.1 Å². The highest BCUT2D eigenvalue weighted by Gasteiger charge is 2.53. The number of amides is 2. The van der Waals surface area contributed by atoms with Gasteiger partial charge in [0.15, 0.2) is 23.0 Å². The highest BCUT2D eigenvalue weighted by molar-refractivity contribution is 6.14. The number of ether oxygens (including phenoxy) is 1. The summed E-state index contributed by atoms with van der Waals surface area (Å²) in [7, 11) is 0. The first-order valence-electron chi connectivity index (χ1n) is 12.8. The molecule has 10 nitrogen and oxygen atoms in total. The fourth-order valence-electron chi connectivity index (χ4n) is 4.22. The molecule has 4 aromatic rings. The van der Waals surface area contributed by atoms with Crippen LogP contribution in [0.15, 0.2) is 65.8 Å². The second kappa shape index (κ2) is 10.0. The van der Waals surface area contributed by atoms with E-state index in [1.165, 1.54) is 34.8 Å². The van der Waals surface area contributed by atoms with E-state index < -0.39 is 11.2 Å². The van der Waals surface area contributed by atoms with Gasteiger partial charge in [0.25, 0.3) is 0 Å². The summed E-state index contributed by atoms with van der Waals surface area (Å²) in [5.74, 6) is -0.863. The van der Waals surface area contributed by atoms with Gasteiger partial charge in [-0.15, -0.1) is 5.10 Å². The Hall–Kier alpha value is -4.87. The number of anilines is 2. The Bertz CT molecular complexity index is 1640. The van der Waals surface area contributed by atoms with Gasteiger partial charge in [0.05, 0.1) is 12.7 Å². The van der Waals surface area contributed by atoms with Crippen LogP contribution in [0.5, 0.6) is 11.6 Å². The maximum Gasteiger partial charge on any atom is 0.238 e. The Morgan fingerprint density at radius 1 is 1.07 bits per heavy atom. The number of aromatic nitrogens is 3. The van der Waals surface area contributed by atoms with Gasteiger partial charge in [-0.1, -0.05) is 12.1 Å². The third-order valence-electron chi connectivity index (χ3n) is 6.92. The highest BCUT2D eigenvalue weighted by Crippen LogP contribution is 2.47. The second-order valence-corrected chi connectivity index (χ2v) is 9.98. The third-order valence-corrected chi connectivity index (χ3v) is 6.92. The Morgan fingerprint density at radius 2 is 1.85 bits per heavy atom. The van der Waals surface area contributed by atoms with Crippen molar-refractivity contribution in [1.82, 2.24) is 14.6 Å². The average Bonchev–Trinajstić information content (AvgIpc) is 3.86. The van der Waals surface area contributed by atoms with E-state index in [9.17, 15) is 18.4 Å². The van der Waals surface area contributed by atoms with Gasteiger partial charge in [-0.3, -0.25) is 14.6 Å². The molecule has 2 saturated carbocycles. The minimum atomic E-state index is -0.952. The summed E-state index contributed by atoms with van der Waals surface area (Å²) in [5.41, 5.74) is 6.70. The molecular weight excluding hydrogens is 520 g/mol. The lowest BCUT2D eigenvalue weighted by atomic mass is 10.0. The molecule has 204 valence electrons. The molecule has 2 aromatic heterocycles. The number of amidine groups is 1. The van der Waals surface area contributed by atoms with Gasteiger partial charge in [-0.05, 0) is 61.6 Å². The number of fused-ring (bicyclic) bond motifs is 1. The lowest BCUT2D eigenvalue weighted by Crippen LogP contribution is -2.36. The number of hydrogen-bond acceptors (Lipinski definition) is 6. The van der Waals surface area contributed by atoms with Crippen LogP contribution in [0.3, 0.4) is 0 Å². The van der Waals surface area contributed by atoms with E-state index in [-0.39, 0.29) is 53.2 Å². The van der Waals surface area contributed by atoms with Gasteiger partial charge in [0, 0.05) is 23.7 Å². The lowest BCUT2D eigenvalue weighted by molar-refractivity contribution is -0.119. The van der Waals surface area contributed by atoms with E-state index in [0.717, 1.165) is 24.5 Å². The minimum absolute atomic E-state index is 0.0421. The van der Waals surface area contributed by atoms with E-state index >= 15 is 0 Å². The molecule has 2 aliphatic rings. The van der Waals surface area contributed by atoms with Crippen molar-refractivity contribution in [3.05, 3.63) is 78.0 Å². The largest absolute Gasteiger partial charge is 0.434 e. The predicted octanol–water partition coefficient (Wildman–Crippen LogP) is 4.42. The van der Waals surface area contributed by atoms with E-state index in [1.54, 1.807) is 24.4 Å². The molecule has 6 rings (SSSR count). The maximum atomic E-state index is 14.9. The number of nitrogens with one attached hydrogen (secondary N) is 2. The van der Waals surface area contributed by atoms with E-state index in [4.69, 9.17) is 10.5 Å². The van der Waals surface area contributed by atoms with Crippen molar-refractivity contribution in [2.75, 3.05) is 10.6 Å². The predicted molar refractivity (Wildman–Crippen MR) is 143 cm³/mol. The number of rotatable bonds is 9. The highest BCUT2D eigenvalue weighted by atomic mass is 19.1. The zero-order chi connectivity index (χ0) is 27.9. The standard InChI is InChI=1S/C28H25F2N7O3/c29-18-5-1-16(2-6-18)14-32-26(31)28(11-12-28)27(39)33-19-7-8-21(20(30)13-19)40-24-10-9-23-34-22(15-37(23)36-24)35-25(38)17-3-4-17/h1-2,5-10,13,15,17H,3-4,11-12,14H2,(H2,31,32)(H,33,39)(H,35,38). The van der Waals surface area contributed by atoms with Crippen LogP contribution >= 0.6 is 0 Å². The number of nitrogens with zero attached hydrogens (tertiary/aromatic N) is 4. The van der Waals surface area contributed by atoms with Crippen LogP contribution in [-0.4, -0.2) is 32.2 Å². The third kappa shape index (κ3) is 5.33. The van der Waals surface area contributed by atoms with Crippen molar-refractivity contribution >= 4 is 34.8 Å². The van der Waals surface area contributed by atoms with Crippen LogP contribution < -0.4 is 21.1 Å². The summed E-state index contributed by atoms with van der Waals surface area (Å²) < 4.78 is 35.0. The Labute approximate surface area is 227 Å². The number of aliphatic imine (C=N–C) groups is 1. The van der Waals surface area contributed by atoms with Gasteiger partial charge in [-0.25, -0.2) is 18.3 Å². The molecule has 2 amide bonds. The Morgan fingerprint density at radius 3 is 2.55 bits per heavy atom. The molecule has 0 bridgehead atoms. The van der Waals surface area contributed by atoms with Crippen LogP contribution in [0.25, 0.3) is 5.65 Å². The maximum absolute atomic E-state index is 14.9. The average molecular weight is 546 g/mol. The molecule has 0 radical (unpaired) electrons. The van der Waals surface area contributed by atoms with Crippen molar-refractivity contribution < 1.29 is 23.1 Å². The first kappa shape index (κ1) is 25.4. The van der Waals surface area contributed by atoms with Gasteiger partial charge in [-0.2, -0.15) is 0 Å². The Kier molecular flexibility index (Phi) is 6.37. The molecular formula is C28H25F2N7O3. The smallest absolute Gasteiger partial charge is 0.238 e. The zero-order valence-corrected chi connectivity index (χ0v) is 21.2. The first-order chi connectivity index (χ1) is 19.3. The summed E-state index contributed by atoms with van der Waals surface area (Å²) in [6.07, 6.45) is 4.36. The number of halogens is 2. The van der Waals surface area contributed by atoms with E-state index in [2.05, 4.69) is 25.7 Å². The Balaban J connectivity index is 1.10. The van der Waals surface area contributed by atoms with Crippen LogP contribution in [0.2, 0.25) is 0 Å². The number of nitrogens with two attached hydrogens (primary N) is 1. The summed E-state index contributed by atoms with van der Waals surface area (Å²) >= 11 is 0. The number of imidazole rings is 1. The molecule has 12 heteroatoms. The van der Waals surface area contributed by atoms with Crippen molar-refractivity contribution in [3.63, 3.8) is 0 Å². The summed E-state index contributed by atoms with van der Waals surface area (Å²) in [5, 5.41) is 9.74. The molecule has 2 heterocycles. The quantitative estimate of drug-likeness (QED) is 0.210. The fraction of sp³-hybridized carbons (Fsp3) is 0.250. The van der Waals surface area contributed by atoms with Crippen molar-refractivity contribution in [3.8, 4) is 11.6 Å². The van der Waals surface area contributed by atoms with Crippen LogP contribution in [0.4, 0.5) is 20.3 Å². The first-order valence-corrected chi connectivity index (χ1v) is 12.8. The topological polar surface area (TPSA) is 136 Å². The minimum Gasteiger partial charge on any atom is -0.434 e. The van der Waals surface area contributed by atoms with Crippen molar-refractivity contribution in [2.45, 2.75) is 32.2 Å². The van der Waals surface area contributed by atoms with E-state index in [0.29, 0.717) is 24.3 Å². The zero-order valence-electron chi connectivity index (χ0n) is 21.2. The van der Waals surface area contributed by atoms with Crippen LogP contribution in [0.1, 0.15) is 31.2 Å². The molecule has 0 atom stereocenters. The second-order valence-electron chi connectivity index (χ2n) is 9.98. The molecule has 2 aromatic carbocycles. The van der Waals surface area contributed by atoms with Gasteiger partial charge in [0.1, 0.15) is 17.1 Å². The molecule has 4 N–H and O–H groups in total. The number of carbonyl (C=O) groups excluding carboxylic acids is 2. The molecule has 0 unspecified atom stereocenters. The lowest BCUT2D eigenvalue weighted by Gasteiger charge is -2.16. The molecule has 0 aliphatic heterocycles. The monoisotopic (exact) mass is 545 g/mol. The molecule has 40 heavy (non-hydrogen) atoms. The summed E-state index contributed by atoms with van der Waals surface area (Å²) in [6, 6.07) is 13.1. The molecule has 0 saturated heterocycles. The SMILES string of the molecule is NC(=NCc1ccc(F)cc1)C1(C(=O)Nc2ccc(Oc3ccc4nc(NC(=O)C5CC5)cn4n3)c(F)c2)CC1. The normalized spacial score (nSPS) is 16.0. The van der Waals surface area contributed by atoms with E-state index in [1.807, 2.05) is 0 Å². The molecule has 2 aliphatic carbocycles. The summed E-state index contributed by atoms with van der Waals surface area (Å²) in [4.78, 5) is 33.6. The molecule has 0 spiro atoms. The van der Waals surface area contributed by atoms with Crippen LogP contribution in [-0.2, 0) is 16.1 Å². The molecule has 2 fully saturated rings. The number of carbonyl (C=O) groups is 2. The number of benzene rings is 2. The van der Waals surface area contributed by atoms with Gasteiger partial charge in [0.2, 0.25) is 17.7 Å².